The number of benzene rings is 1. The maximum Gasteiger partial charge on any atom is 0.217 e. The first-order chi connectivity index (χ1) is 11.3. The van der Waals surface area contributed by atoms with E-state index >= 15 is 0 Å². The molecule has 4 rings (SSSR count). The fraction of sp³-hybridized carbons (Fsp3) is 0.412. The van der Waals surface area contributed by atoms with E-state index in [4.69, 9.17) is 9.15 Å². The number of nitrogens with zero attached hydrogens (tertiary/aromatic N) is 3. The van der Waals surface area contributed by atoms with Gasteiger partial charge in [0.05, 0.1) is 24.5 Å². The summed E-state index contributed by atoms with van der Waals surface area (Å²) in [4.78, 5) is 4.52. The smallest absolute Gasteiger partial charge is 0.217 e. The van der Waals surface area contributed by atoms with Crippen molar-refractivity contribution in [2.75, 3.05) is 11.9 Å². The molecule has 120 valence electrons. The highest BCUT2D eigenvalue weighted by Gasteiger charge is 2.17. The van der Waals surface area contributed by atoms with Crippen LogP contribution in [-0.2, 0) is 11.3 Å². The molecular formula is C17H20N4O2. The van der Waals surface area contributed by atoms with Crippen LogP contribution in [0, 0.1) is 0 Å². The second-order valence-corrected chi connectivity index (χ2v) is 5.97. The number of rotatable bonds is 5. The SMILES string of the molecule is CC(Nc1cnn(CC2CCCO2)c1)c1nc2ccccc2o1. The highest BCUT2D eigenvalue weighted by atomic mass is 16.5. The minimum atomic E-state index is -0.0252. The molecule has 1 saturated heterocycles. The van der Waals surface area contributed by atoms with Crippen molar-refractivity contribution in [2.45, 2.75) is 38.5 Å². The molecule has 1 N–H and O–H groups in total. The van der Waals surface area contributed by atoms with E-state index in [-0.39, 0.29) is 12.1 Å². The molecule has 2 atom stereocenters. The summed E-state index contributed by atoms with van der Waals surface area (Å²) in [5.74, 6) is 0.679. The Labute approximate surface area is 134 Å². The number of aromatic nitrogens is 3. The van der Waals surface area contributed by atoms with E-state index < -0.39 is 0 Å². The van der Waals surface area contributed by atoms with Crippen LogP contribution in [0.5, 0.6) is 0 Å². The Morgan fingerprint density at radius 2 is 2.30 bits per heavy atom. The highest BCUT2D eigenvalue weighted by molar-refractivity contribution is 5.72. The summed E-state index contributed by atoms with van der Waals surface area (Å²) >= 11 is 0. The van der Waals surface area contributed by atoms with Gasteiger partial charge < -0.3 is 14.5 Å². The van der Waals surface area contributed by atoms with Crippen LogP contribution in [0.4, 0.5) is 5.69 Å². The Morgan fingerprint density at radius 1 is 1.39 bits per heavy atom. The molecule has 0 aliphatic carbocycles. The number of ether oxygens (including phenoxy) is 1. The van der Waals surface area contributed by atoms with Crippen molar-refractivity contribution in [1.82, 2.24) is 14.8 Å². The van der Waals surface area contributed by atoms with E-state index in [2.05, 4.69) is 15.4 Å². The number of hydrogen-bond acceptors (Lipinski definition) is 5. The summed E-state index contributed by atoms with van der Waals surface area (Å²) in [6.45, 7) is 3.70. The van der Waals surface area contributed by atoms with E-state index in [0.717, 1.165) is 42.8 Å². The summed E-state index contributed by atoms with van der Waals surface area (Å²) in [7, 11) is 0. The Hall–Kier alpha value is -2.34. The number of anilines is 1. The quantitative estimate of drug-likeness (QED) is 0.782. The Bertz CT molecular complexity index is 756. The van der Waals surface area contributed by atoms with Crippen molar-refractivity contribution in [3.8, 4) is 0 Å². The van der Waals surface area contributed by atoms with Crippen molar-refractivity contribution in [1.29, 1.82) is 0 Å². The standard InChI is InChI=1S/C17H20N4O2/c1-12(17-20-15-6-2-3-7-16(15)23-17)19-13-9-18-21(10-13)11-14-5-4-8-22-14/h2-3,6-7,9-10,12,14,19H,4-5,8,11H2,1H3. The number of oxazole rings is 1. The molecule has 1 fully saturated rings. The molecule has 0 radical (unpaired) electrons. The lowest BCUT2D eigenvalue weighted by molar-refractivity contribution is 0.0940. The monoisotopic (exact) mass is 312 g/mol. The van der Waals surface area contributed by atoms with Gasteiger partial charge in [0, 0.05) is 12.8 Å². The van der Waals surface area contributed by atoms with Gasteiger partial charge in [-0.1, -0.05) is 12.1 Å². The maximum atomic E-state index is 5.80. The van der Waals surface area contributed by atoms with Crippen molar-refractivity contribution in [3.05, 3.63) is 42.5 Å². The molecule has 0 bridgehead atoms. The van der Waals surface area contributed by atoms with Gasteiger partial charge in [-0.25, -0.2) is 4.98 Å². The average Bonchev–Trinajstić information content (AvgIpc) is 3.28. The van der Waals surface area contributed by atoms with Gasteiger partial charge in [-0.05, 0) is 31.9 Å². The third kappa shape index (κ3) is 3.07. The second kappa shape index (κ2) is 6.04. The van der Waals surface area contributed by atoms with E-state index in [0.29, 0.717) is 5.89 Å². The van der Waals surface area contributed by atoms with Crippen molar-refractivity contribution >= 4 is 16.8 Å². The lowest BCUT2D eigenvalue weighted by Gasteiger charge is -2.10. The highest BCUT2D eigenvalue weighted by Crippen LogP contribution is 2.23. The van der Waals surface area contributed by atoms with Gasteiger partial charge in [0.1, 0.15) is 11.6 Å². The third-order valence-corrected chi connectivity index (χ3v) is 4.11. The largest absolute Gasteiger partial charge is 0.438 e. The maximum absolute atomic E-state index is 5.80. The summed E-state index contributed by atoms with van der Waals surface area (Å²) in [5, 5.41) is 7.78. The topological polar surface area (TPSA) is 65.1 Å². The van der Waals surface area contributed by atoms with E-state index in [1.165, 1.54) is 0 Å². The van der Waals surface area contributed by atoms with Gasteiger partial charge in [-0.15, -0.1) is 0 Å². The lowest BCUT2D eigenvalue weighted by atomic mass is 10.2. The molecule has 1 aliphatic rings. The molecule has 23 heavy (non-hydrogen) atoms. The van der Waals surface area contributed by atoms with Gasteiger partial charge in [-0.2, -0.15) is 5.10 Å². The zero-order valence-electron chi connectivity index (χ0n) is 13.1. The van der Waals surface area contributed by atoms with Crippen LogP contribution in [0.15, 0.2) is 41.1 Å². The van der Waals surface area contributed by atoms with E-state index in [9.17, 15) is 0 Å². The van der Waals surface area contributed by atoms with E-state index in [1.54, 1.807) is 0 Å². The van der Waals surface area contributed by atoms with Gasteiger partial charge in [-0.3, -0.25) is 4.68 Å². The molecule has 2 aromatic heterocycles. The molecule has 6 nitrogen and oxygen atoms in total. The normalized spacial score (nSPS) is 19.3. The summed E-state index contributed by atoms with van der Waals surface area (Å²) in [6.07, 6.45) is 6.38. The second-order valence-electron chi connectivity index (χ2n) is 5.97. The van der Waals surface area contributed by atoms with Crippen LogP contribution < -0.4 is 5.32 Å². The molecule has 2 unspecified atom stereocenters. The summed E-state index contributed by atoms with van der Waals surface area (Å²) in [5.41, 5.74) is 2.65. The number of hydrogen-bond donors (Lipinski definition) is 1. The van der Waals surface area contributed by atoms with Crippen LogP contribution in [0.25, 0.3) is 11.1 Å². The van der Waals surface area contributed by atoms with Crippen molar-refractivity contribution < 1.29 is 9.15 Å². The van der Waals surface area contributed by atoms with E-state index in [1.807, 2.05) is 48.3 Å². The zero-order chi connectivity index (χ0) is 15.6. The number of para-hydroxylation sites is 2. The molecule has 6 heteroatoms. The summed E-state index contributed by atoms with van der Waals surface area (Å²) in [6, 6.07) is 7.77. The Balaban J connectivity index is 1.43. The predicted molar refractivity (Wildman–Crippen MR) is 87.2 cm³/mol. The molecule has 0 saturated carbocycles. The predicted octanol–water partition coefficient (Wildman–Crippen LogP) is 3.38. The van der Waals surface area contributed by atoms with Crippen LogP contribution in [-0.4, -0.2) is 27.5 Å². The van der Waals surface area contributed by atoms with Crippen molar-refractivity contribution in [3.63, 3.8) is 0 Å². The molecule has 3 heterocycles. The average molecular weight is 312 g/mol. The number of fused-ring (bicyclic) bond motifs is 1. The van der Waals surface area contributed by atoms with Gasteiger partial charge in [0.2, 0.25) is 5.89 Å². The molecule has 1 aliphatic heterocycles. The first-order valence-corrected chi connectivity index (χ1v) is 8.04. The van der Waals surface area contributed by atoms with Crippen molar-refractivity contribution in [2.24, 2.45) is 0 Å². The first kappa shape index (κ1) is 14.3. The Kier molecular flexibility index (Phi) is 3.75. The first-order valence-electron chi connectivity index (χ1n) is 8.04. The van der Waals surface area contributed by atoms with Crippen LogP contribution in [0.3, 0.4) is 0 Å². The minimum absolute atomic E-state index is 0.0252. The van der Waals surface area contributed by atoms with Gasteiger partial charge in [0.15, 0.2) is 5.58 Å². The molecule has 0 spiro atoms. The van der Waals surface area contributed by atoms with Gasteiger partial charge in [0.25, 0.3) is 0 Å². The molecule has 1 aromatic carbocycles. The third-order valence-electron chi connectivity index (χ3n) is 4.11. The summed E-state index contributed by atoms with van der Waals surface area (Å²) < 4.78 is 13.4. The van der Waals surface area contributed by atoms with Crippen LogP contribution in [0.2, 0.25) is 0 Å². The van der Waals surface area contributed by atoms with Crippen LogP contribution in [0.1, 0.15) is 31.7 Å². The minimum Gasteiger partial charge on any atom is -0.438 e. The fourth-order valence-electron chi connectivity index (χ4n) is 2.92. The molecule has 0 amide bonds. The zero-order valence-corrected chi connectivity index (χ0v) is 13.1. The van der Waals surface area contributed by atoms with Crippen LogP contribution >= 0.6 is 0 Å². The Morgan fingerprint density at radius 3 is 3.13 bits per heavy atom. The fourth-order valence-corrected chi connectivity index (χ4v) is 2.92. The molecule has 3 aromatic rings. The lowest BCUT2D eigenvalue weighted by Crippen LogP contribution is -2.15. The molecular weight excluding hydrogens is 292 g/mol. The number of nitrogens with one attached hydrogen (secondary N) is 1. The van der Waals surface area contributed by atoms with Gasteiger partial charge >= 0.3 is 0 Å².